The van der Waals surface area contributed by atoms with E-state index >= 15 is 0 Å². The highest BCUT2D eigenvalue weighted by atomic mass is 15.2. The smallest absolute Gasteiger partial charge is 0.0123 e. The highest BCUT2D eigenvalue weighted by Gasteiger charge is 2.33. The molecule has 2 heteroatoms. The Balaban J connectivity index is 1.79. The second kappa shape index (κ2) is 6.91. The normalized spacial score (nSPS) is 34.3. The van der Waals surface area contributed by atoms with Crippen molar-refractivity contribution in [2.24, 2.45) is 11.8 Å². The van der Waals surface area contributed by atoms with Crippen LogP contribution in [0.2, 0.25) is 0 Å². The summed E-state index contributed by atoms with van der Waals surface area (Å²) in [7, 11) is 0. The van der Waals surface area contributed by atoms with Gasteiger partial charge in [0.2, 0.25) is 0 Å². The van der Waals surface area contributed by atoms with E-state index in [2.05, 4.69) is 31.0 Å². The van der Waals surface area contributed by atoms with Gasteiger partial charge in [0.1, 0.15) is 0 Å². The summed E-state index contributed by atoms with van der Waals surface area (Å²) < 4.78 is 0. The molecule has 0 bridgehead atoms. The molecule has 2 rings (SSSR count). The average molecular weight is 252 g/mol. The van der Waals surface area contributed by atoms with Gasteiger partial charge in [0, 0.05) is 18.6 Å². The molecule has 0 radical (unpaired) electrons. The highest BCUT2D eigenvalue weighted by molar-refractivity contribution is 4.88. The third-order valence-corrected chi connectivity index (χ3v) is 4.99. The van der Waals surface area contributed by atoms with Gasteiger partial charge in [-0.3, -0.25) is 4.90 Å². The lowest BCUT2D eigenvalue weighted by atomic mass is 9.82. The SMILES string of the molecule is CCC1CCCCC1N1CCC(CNC(C)C)C1. The lowest BCUT2D eigenvalue weighted by Crippen LogP contribution is -2.41. The van der Waals surface area contributed by atoms with E-state index in [1.54, 1.807) is 0 Å². The Bertz CT molecular complexity index is 239. The molecule has 3 atom stereocenters. The topological polar surface area (TPSA) is 15.3 Å². The van der Waals surface area contributed by atoms with Crippen molar-refractivity contribution < 1.29 is 0 Å². The number of rotatable bonds is 5. The summed E-state index contributed by atoms with van der Waals surface area (Å²) in [5.74, 6) is 1.88. The van der Waals surface area contributed by atoms with Crippen molar-refractivity contribution in [3.8, 4) is 0 Å². The van der Waals surface area contributed by atoms with Crippen LogP contribution in [0, 0.1) is 11.8 Å². The maximum Gasteiger partial charge on any atom is 0.0123 e. The molecule has 1 aliphatic heterocycles. The van der Waals surface area contributed by atoms with Crippen molar-refractivity contribution >= 4 is 0 Å². The second-order valence-corrected chi connectivity index (χ2v) is 6.73. The van der Waals surface area contributed by atoms with E-state index in [1.165, 1.54) is 58.2 Å². The van der Waals surface area contributed by atoms with Crippen molar-refractivity contribution in [1.29, 1.82) is 0 Å². The van der Waals surface area contributed by atoms with E-state index < -0.39 is 0 Å². The number of hydrogen-bond acceptors (Lipinski definition) is 2. The molecule has 18 heavy (non-hydrogen) atoms. The molecular formula is C16H32N2. The summed E-state index contributed by atoms with van der Waals surface area (Å²) >= 11 is 0. The fourth-order valence-electron chi connectivity index (χ4n) is 3.88. The molecule has 1 saturated heterocycles. The molecule has 0 aromatic carbocycles. The van der Waals surface area contributed by atoms with Crippen molar-refractivity contribution in [3.05, 3.63) is 0 Å². The molecule has 0 spiro atoms. The van der Waals surface area contributed by atoms with Gasteiger partial charge in [-0.25, -0.2) is 0 Å². The van der Waals surface area contributed by atoms with Gasteiger partial charge in [0.25, 0.3) is 0 Å². The van der Waals surface area contributed by atoms with Crippen LogP contribution in [0.25, 0.3) is 0 Å². The fourth-order valence-corrected chi connectivity index (χ4v) is 3.88. The van der Waals surface area contributed by atoms with E-state index in [0.717, 1.165) is 17.9 Å². The molecule has 1 N–H and O–H groups in total. The van der Waals surface area contributed by atoms with Crippen LogP contribution in [0.1, 0.15) is 59.3 Å². The van der Waals surface area contributed by atoms with Crippen LogP contribution in [0.5, 0.6) is 0 Å². The molecule has 106 valence electrons. The quantitative estimate of drug-likeness (QED) is 0.808. The minimum Gasteiger partial charge on any atom is -0.314 e. The Morgan fingerprint density at radius 3 is 2.67 bits per heavy atom. The molecule has 2 nitrogen and oxygen atoms in total. The van der Waals surface area contributed by atoms with Crippen molar-refractivity contribution in [3.63, 3.8) is 0 Å². The van der Waals surface area contributed by atoms with Gasteiger partial charge in [-0.15, -0.1) is 0 Å². The van der Waals surface area contributed by atoms with E-state index in [-0.39, 0.29) is 0 Å². The van der Waals surface area contributed by atoms with Gasteiger partial charge in [-0.05, 0) is 44.2 Å². The van der Waals surface area contributed by atoms with Crippen LogP contribution in [-0.4, -0.2) is 36.6 Å². The minimum atomic E-state index is 0.636. The molecule has 1 aliphatic carbocycles. The third-order valence-electron chi connectivity index (χ3n) is 4.99. The van der Waals surface area contributed by atoms with Crippen LogP contribution in [0.15, 0.2) is 0 Å². The maximum atomic E-state index is 3.61. The maximum absolute atomic E-state index is 3.61. The first-order chi connectivity index (χ1) is 8.70. The molecule has 3 unspecified atom stereocenters. The monoisotopic (exact) mass is 252 g/mol. The predicted molar refractivity (Wildman–Crippen MR) is 78.9 cm³/mol. The Kier molecular flexibility index (Phi) is 5.50. The van der Waals surface area contributed by atoms with Gasteiger partial charge in [0.15, 0.2) is 0 Å². The summed E-state index contributed by atoms with van der Waals surface area (Å²) in [6, 6.07) is 1.55. The van der Waals surface area contributed by atoms with Gasteiger partial charge >= 0.3 is 0 Å². The van der Waals surface area contributed by atoms with Gasteiger partial charge in [-0.1, -0.05) is 40.0 Å². The molecule has 2 fully saturated rings. The van der Waals surface area contributed by atoms with E-state index in [9.17, 15) is 0 Å². The van der Waals surface area contributed by atoms with Crippen LogP contribution < -0.4 is 5.32 Å². The summed E-state index contributed by atoms with van der Waals surface area (Å²) in [6.07, 6.45) is 8.67. The fraction of sp³-hybridized carbons (Fsp3) is 1.00. The van der Waals surface area contributed by atoms with E-state index in [1.807, 2.05) is 0 Å². The summed E-state index contributed by atoms with van der Waals surface area (Å²) in [5, 5.41) is 3.61. The predicted octanol–water partition coefficient (Wildman–Crippen LogP) is 3.28. The number of nitrogens with zero attached hydrogens (tertiary/aromatic N) is 1. The molecule has 1 saturated carbocycles. The molecule has 2 aliphatic rings. The first-order valence-electron chi connectivity index (χ1n) is 8.18. The molecule has 0 aromatic rings. The molecular weight excluding hydrogens is 220 g/mol. The largest absolute Gasteiger partial charge is 0.314 e. The van der Waals surface area contributed by atoms with Gasteiger partial charge < -0.3 is 5.32 Å². The summed E-state index contributed by atoms with van der Waals surface area (Å²) in [5.41, 5.74) is 0. The summed E-state index contributed by atoms with van der Waals surface area (Å²) in [4.78, 5) is 2.82. The third kappa shape index (κ3) is 3.71. The lowest BCUT2D eigenvalue weighted by molar-refractivity contribution is 0.121. The first-order valence-corrected chi connectivity index (χ1v) is 8.18. The lowest BCUT2D eigenvalue weighted by Gasteiger charge is -2.37. The standard InChI is InChI=1S/C16H32N2/c1-4-15-7-5-6-8-16(15)18-10-9-14(12-18)11-17-13(2)3/h13-17H,4-12H2,1-3H3. The van der Waals surface area contributed by atoms with Crippen LogP contribution >= 0.6 is 0 Å². The number of nitrogens with one attached hydrogen (secondary N) is 1. The molecule has 1 heterocycles. The van der Waals surface area contributed by atoms with Gasteiger partial charge in [0.05, 0.1) is 0 Å². The Hall–Kier alpha value is -0.0800. The van der Waals surface area contributed by atoms with Crippen LogP contribution in [0.3, 0.4) is 0 Å². The average Bonchev–Trinajstić information content (AvgIpc) is 2.85. The Morgan fingerprint density at radius 1 is 1.17 bits per heavy atom. The number of hydrogen-bond donors (Lipinski definition) is 1. The number of likely N-dealkylation sites (tertiary alicyclic amines) is 1. The van der Waals surface area contributed by atoms with Crippen molar-refractivity contribution in [1.82, 2.24) is 10.2 Å². The minimum absolute atomic E-state index is 0.636. The van der Waals surface area contributed by atoms with E-state index in [0.29, 0.717) is 6.04 Å². The summed E-state index contributed by atoms with van der Waals surface area (Å²) in [6.45, 7) is 10.8. The molecule has 0 aromatic heterocycles. The van der Waals surface area contributed by atoms with Crippen LogP contribution in [-0.2, 0) is 0 Å². The van der Waals surface area contributed by atoms with E-state index in [4.69, 9.17) is 0 Å². The van der Waals surface area contributed by atoms with Crippen molar-refractivity contribution in [2.45, 2.75) is 71.4 Å². The van der Waals surface area contributed by atoms with Crippen LogP contribution in [0.4, 0.5) is 0 Å². The Labute approximate surface area is 114 Å². The zero-order chi connectivity index (χ0) is 13.0. The molecule has 0 amide bonds. The Morgan fingerprint density at radius 2 is 1.94 bits per heavy atom. The zero-order valence-corrected chi connectivity index (χ0v) is 12.6. The second-order valence-electron chi connectivity index (χ2n) is 6.73. The van der Waals surface area contributed by atoms with Gasteiger partial charge in [-0.2, -0.15) is 0 Å². The first kappa shape index (κ1) is 14.3. The zero-order valence-electron chi connectivity index (χ0n) is 12.6. The van der Waals surface area contributed by atoms with Crippen molar-refractivity contribution in [2.75, 3.05) is 19.6 Å². The highest BCUT2D eigenvalue weighted by Crippen LogP contribution is 2.33.